The predicted molar refractivity (Wildman–Crippen MR) is 96.2 cm³/mol. The smallest absolute Gasteiger partial charge is 0.182 e. The number of fused-ring (bicyclic) bond motifs is 3. The third-order valence-electron chi connectivity index (χ3n) is 5.16. The predicted octanol–water partition coefficient (Wildman–Crippen LogP) is 3.15. The molecule has 25 heavy (non-hydrogen) atoms. The lowest BCUT2D eigenvalue weighted by atomic mass is 9.88. The number of rotatable bonds is 2. The third kappa shape index (κ3) is 2.30. The molecule has 3 aliphatic rings. The highest BCUT2D eigenvalue weighted by atomic mass is 35.5. The van der Waals surface area contributed by atoms with Crippen molar-refractivity contribution in [2.24, 2.45) is 0 Å². The Morgan fingerprint density at radius 2 is 2.04 bits per heavy atom. The molecule has 0 saturated heterocycles. The molecule has 0 unspecified atom stereocenters. The number of H-pyrrole nitrogens is 1. The molecule has 7 nitrogen and oxygen atoms in total. The molecular formula is C17H18ClN7. The molecular weight excluding hydrogens is 338 g/mol. The minimum absolute atomic E-state index is 0.0517. The van der Waals surface area contributed by atoms with E-state index in [1.54, 1.807) is 6.33 Å². The highest BCUT2D eigenvalue weighted by Gasteiger charge is 2.43. The first-order valence-electron chi connectivity index (χ1n) is 8.53. The van der Waals surface area contributed by atoms with E-state index in [4.69, 9.17) is 11.6 Å². The van der Waals surface area contributed by atoms with E-state index < -0.39 is 0 Å². The van der Waals surface area contributed by atoms with Gasteiger partial charge in [0.25, 0.3) is 0 Å². The standard InChI is InChI=1S/C17H18ClN7/c18-12-6-11(24-16-14-15(20-9-19-14)21-10-22-16)8-25-13(12)7-23-17(25)4-2-1-3-5-17/h6-10,23H,1-5H2,(H2,19,20,21,22,24). The van der Waals surface area contributed by atoms with Gasteiger partial charge >= 0.3 is 0 Å². The van der Waals surface area contributed by atoms with Gasteiger partial charge < -0.3 is 20.5 Å². The van der Waals surface area contributed by atoms with Gasteiger partial charge in [-0.15, -0.1) is 0 Å². The molecule has 0 aromatic carbocycles. The van der Waals surface area contributed by atoms with Crippen molar-refractivity contribution < 1.29 is 0 Å². The first-order valence-corrected chi connectivity index (χ1v) is 8.91. The average molecular weight is 356 g/mol. The van der Waals surface area contributed by atoms with Crippen LogP contribution in [0.25, 0.3) is 11.2 Å². The first-order chi connectivity index (χ1) is 12.3. The number of hydrogen-bond acceptors (Lipinski definition) is 6. The molecule has 128 valence electrons. The molecule has 8 heteroatoms. The van der Waals surface area contributed by atoms with Crippen LogP contribution in [0.3, 0.4) is 0 Å². The molecule has 1 aliphatic carbocycles. The Labute approximate surface area is 149 Å². The Bertz CT molecular complexity index is 920. The van der Waals surface area contributed by atoms with Crippen LogP contribution in [0, 0.1) is 0 Å². The Morgan fingerprint density at radius 1 is 1.16 bits per heavy atom. The van der Waals surface area contributed by atoms with E-state index in [9.17, 15) is 0 Å². The van der Waals surface area contributed by atoms with Gasteiger partial charge in [-0.05, 0) is 31.8 Å². The van der Waals surface area contributed by atoms with E-state index in [0.717, 1.165) is 34.8 Å². The Balaban J connectivity index is 1.50. The number of hydrogen-bond donors (Lipinski definition) is 3. The van der Waals surface area contributed by atoms with Gasteiger partial charge in [0.05, 0.1) is 22.8 Å². The van der Waals surface area contributed by atoms with E-state index in [1.807, 2.05) is 12.3 Å². The summed E-state index contributed by atoms with van der Waals surface area (Å²) < 4.78 is 0. The lowest BCUT2D eigenvalue weighted by molar-refractivity contribution is 0.126. The summed E-state index contributed by atoms with van der Waals surface area (Å²) in [7, 11) is 0. The summed E-state index contributed by atoms with van der Waals surface area (Å²) >= 11 is 6.56. The minimum Gasteiger partial charge on any atom is -0.367 e. The number of aromatic nitrogens is 4. The van der Waals surface area contributed by atoms with Crippen LogP contribution in [0.1, 0.15) is 32.1 Å². The zero-order valence-corrected chi connectivity index (χ0v) is 14.3. The van der Waals surface area contributed by atoms with Crippen LogP contribution in [0.2, 0.25) is 0 Å². The van der Waals surface area contributed by atoms with E-state index in [0.29, 0.717) is 11.5 Å². The van der Waals surface area contributed by atoms with E-state index in [2.05, 4.69) is 41.7 Å². The summed E-state index contributed by atoms with van der Waals surface area (Å²) in [5.41, 5.74) is 3.29. The van der Waals surface area contributed by atoms with E-state index in [-0.39, 0.29) is 5.66 Å². The van der Waals surface area contributed by atoms with Gasteiger partial charge in [0.2, 0.25) is 0 Å². The van der Waals surface area contributed by atoms with Crippen molar-refractivity contribution in [1.82, 2.24) is 30.2 Å². The lowest BCUT2D eigenvalue weighted by Gasteiger charge is -2.43. The third-order valence-corrected chi connectivity index (χ3v) is 5.46. The summed E-state index contributed by atoms with van der Waals surface area (Å²) in [4.78, 5) is 18.0. The van der Waals surface area contributed by atoms with Crippen LogP contribution in [-0.4, -0.2) is 30.5 Å². The monoisotopic (exact) mass is 355 g/mol. The number of nitrogens with zero attached hydrogens (tertiary/aromatic N) is 4. The normalized spacial score (nSPS) is 21.5. The summed E-state index contributed by atoms with van der Waals surface area (Å²) in [5.74, 6) is 0.687. The van der Waals surface area contributed by atoms with Gasteiger partial charge in [-0.1, -0.05) is 18.0 Å². The largest absolute Gasteiger partial charge is 0.367 e. The zero-order chi connectivity index (χ0) is 16.9. The highest BCUT2D eigenvalue weighted by molar-refractivity contribution is 6.32. The van der Waals surface area contributed by atoms with E-state index in [1.165, 1.54) is 25.6 Å². The maximum Gasteiger partial charge on any atom is 0.182 e. The van der Waals surface area contributed by atoms with Crippen molar-refractivity contribution >= 4 is 28.6 Å². The fraction of sp³-hybridized carbons (Fsp3) is 0.353. The number of anilines is 1. The van der Waals surface area contributed by atoms with Crippen LogP contribution in [-0.2, 0) is 0 Å². The molecule has 1 saturated carbocycles. The summed E-state index contributed by atoms with van der Waals surface area (Å²) in [6.45, 7) is 0. The SMILES string of the molecule is ClC1=CC(Nc2ncnc3nc[nH]c23)=CN2C1=CNC21CCCCC1. The number of halogens is 1. The average Bonchev–Trinajstić information content (AvgIpc) is 3.23. The van der Waals surface area contributed by atoms with Crippen molar-refractivity contribution in [2.45, 2.75) is 37.8 Å². The van der Waals surface area contributed by atoms with Crippen LogP contribution >= 0.6 is 11.6 Å². The van der Waals surface area contributed by atoms with Crippen LogP contribution in [0.5, 0.6) is 0 Å². The molecule has 1 fully saturated rings. The van der Waals surface area contributed by atoms with Crippen LogP contribution in [0.15, 0.2) is 47.6 Å². The minimum atomic E-state index is -0.0517. The second kappa shape index (κ2) is 5.49. The molecule has 5 rings (SSSR count). The van der Waals surface area contributed by atoms with Crippen LogP contribution in [0.4, 0.5) is 5.82 Å². The van der Waals surface area contributed by atoms with Crippen molar-refractivity contribution in [1.29, 1.82) is 0 Å². The maximum absolute atomic E-state index is 6.56. The summed E-state index contributed by atoms with van der Waals surface area (Å²) in [6.07, 6.45) is 15.2. The molecule has 0 amide bonds. The molecule has 0 bridgehead atoms. The quantitative estimate of drug-likeness (QED) is 0.767. The van der Waals surface area contributed by atoms with Crippen LogP contribution < -0.4 is 10.6 Å². The molecule has 0 atom stereocenters. The lowest BCUT2D eigenvalue weighted by Crippen LogP contribution is -2.51. The number of allylic oxidation sites excluding steroid dienone is 2. The number of imidazole rings is 1. The molecule has 4 heterocycles. The number of nitrogens with one attached hydrogen (secondary N) is 3. The summed E-state index contributed by atoms with van der Waals surface area (Å²) in [6, 6.07) is 0. The van der Waals surface area contributed by atoms with Crippen molar-refractivity contribution in [3.05, 3.63) is 47.6 Å². The van der Waals surface area contributed by atoms with Gasteiger partial charge in [-0.25, -0.2) is 15.0 Å². The number of aromatic amines is 1. The van der Waals surface area contributed by atoms with Crippen molar-refractivity contribution in [3.8, 4) is 0 Å². The maximum atomic E-state index is 6.56. The fourth-order valence-corrected chi connectivity index (χ4v) is 4.19. The van der Waals surface area contributed by atoms with Crippen molar-refractivity contribution in [3.63, 3.8) is 0 Å². The Kier molecular flexibility index (Phi) is 3.24. The van der Waals surface area contributed by atoms with E-state index >= 15 is 0 Å². The molecule has 0 radical (unpaired) electrons. The topological polar surface area (TPSA) is 81.8 Å². The highest BCUT2D eigenvalue weighted by Crippen LogP contribution is 2.42. The molecule has 2 aromatic heterocycles. The first kappa shape index (κ1) is 14.8. The molecule has 1 spiro atoms. The molecule has 3 N–H and O–H groups in total. The molecule has 2 aliphatic heterocycles. The van der Waals surface area contributed by atoms with Gasteiger partial charge in [-0.3, -0.25) is 0 Å². The molecule has 2 aromatic rings. The van der Waals surface area contributed by atoms with Gasteiger partial charge in [0, 0.05) is 12.4 Å². The van der Waals surface area contributed by atoms with Crippen molar-refractivity contribution in [2.75, 3.05) is 5.32 Å². The van der Waals surface area contributed by atoms with Gasteiger partial charge in [-0.2, -0.15) is 0 Å². The Hall–Kier alpha value is -2.54. The van der Waals surface area contributed by atoms with Gasteiger partial charge in [0.15, 0.2) is 11.5 Å². The second-order valence-corrected chi connectivity index (χ2v) is 7.07. The fourth-order valence-electron chi connectivity index (χ4n) is 3.92. The second-order valence-electron chi connectivity index (χ2n) is 6.66. The Morgan fingerprint density at radius 3 is 2.92 bits per heavy atom. The summed E-state index contributed by atoms with van der Waals surface area (Å²) in [5, 5.41) is 7.65. The van der Waals surface area contributed by atoms with Gasteiger partial charge in [0.1, 0.15) is 17.5 Å². The zero-order valence-electron chi connectivity index (χ0n) is 13.6.